The molecule has 1 N–H and O–H groups in total. The van der Waals surface area contributed by atoms with Crippen molar-refractivity contribution in [3.05, 3.63) is 35.4 Å². The Morgan fingerprint density at radius 1 is 1.31 bits per heavy atom. The summed E-state index contributed by atoms with van der Waals surface area (Å²) in [5, 5.41) is 8.77. The summed E-state index contributed by atoms with van der Waals surface area (Å²) < 4.78 is 25.2. The Kier molecular flexibility index (Phi) is 2.98. The minimum Gasteiger partial charge on any atom is -0.392 e. The first-order chi connectivity index (χ1) is 6.01. The molecule has 1 aromatic rings. The fraction of sp³-hybridized carbons (Fsp3) is 0.400. The lowest BCUT2D eigenvalue weighted by Crippen LogP contribution is -2.13. The first-order valence-electron chi connectivity index (χ1n) is 4.08. The van der Waals surface area contributed by atoms with Crippen LogP contribution in [0.2, 0.25) is 0 Å². The maximum Gasteiger partial charge on any atom is 0.249 e. The van der Waals surface area contributed by atoms with E-state index in [2.05, 4.69) is 0 Å². The van der Waals surface area contributed by atoms with Crippen molar-refractivity contribution in [2.45, 2.75) is 25.9 Å². The molecule has 0 unspecified atom stereocenters. The fourth-order valence-corrected chi connectivity index (χ4v) is 1.20. The van der Waals surface area contributed by atoms with Crippen LogP contribution in [-0.4, -0.2) is 11.0 Å². The van der Waals surface area contributed by atoms with Gasteiger partial charge in [0.25, 0.3) is 0 Å². The third-order valence-electron chi connectivity index (χ3n) is 1.69. The van der Waals surface area contributed by atoms with Crippen molar-refractivity contribution in [1.82, 2.24) is 0 Å². The zero-order valence-electron chi connectivity index (χ0n) is 7.43. The van der Waals surface area contributed by atoms with Crippen molar-refractivity contribution in [3.63, 3.8) is 0 Å². The number of hydrogen-bond donors (Lipinski definition) is 1. The highest BCUT2D eigenvalue weighted by Gasteiger charge is 2.21. The van der Waals surface area contributed by atoms with Gasteiger partial charge in [0.1, 0.15) is 0 Å². The lowest BCUT2D eigenvalue weighted by atomic mass is 10.1. The van der Waals surface area contributed by atoms with E-state index in [4.69, 9.17) is 5.11 Å². The van der Waals surface area contributed by atoms with E-state index in [1.54, 1.807) is 24.3 Å². The van der Waals surface area contributed by atoms with Crippen LogP contribution in [0.15, 0.2) is 24.3 Å². The predicted molar refractivity (Wildman–Crippen MR) is 46.7 cm³/mol. The summed E-state index contributed by atoms with van der Waals surface area (Å²) in [6, 6.07) is 6.61. The SMILES string of the molecule is CC(F)(F)Cc1cccc(CO)c1. The molecule has 0 heterocycles. The van der Waals surface area contributed by atoms with E-state index >= 15 is 0 Å². The van der Waals surface area contributed by atoms with Crippen LogP contribution >= 0.6 is 0 Å². The van der Waals surface area contributed by atoms with Crippen LogP contribution < -0.4 is 0 Å². The van der Waals surface area contributed by atoms with Gasteiger partial charge in [0.2, 0.25) is 5.92 Å². The topological polar surface area (TPSA) is 20.2 Å². The summed E-state index contributed by atoms with van der Waals surface area (Å²) in [5.74, 6) is -2.69. The van der Waals surface area contributed by atoms with E-state index in [0.29, 0.717) is 11.1 Å². The van der Waals surface area contributed by atoms with Gasteiger partial charge in [0, 0.05) is 6.42 Å². The highest BCUT2D eigenvalue weighted by molar-refractivity contribution is 5.23. The molecule has 0 aliphatic rings. The van der Waals surface area contributed by atoms with Crippen LogP contribution in [0.1, 0.15) is 18.1 Å². The molecule has 0 radical (unpaired) electrons. The maximum atomic E-state index is 12.6. The molecule has 0 aliphatic heterocycles. The molecular weight excluding hydrogens is 174 g/mol. The molecule has 0 bridgehead atoms. The van der Waals surface area contributed by atoms with Gasteiger partial charge < -0.3 is 5.11 Å². The predicted octanol–water partition coefficient (Wildman–Crippen LogP) is 2.38. The molecule has 0 aromatic heterocycles. The molecule has 0 spiro atoms. The lowest BCUT2D eigenvalue weighted by molar-refractivity contribution is 0.0226. The van der Waals surface area contributed by atoms with Crippen molar-refractivity contribution in [3.8, 4) is 0 Å². The second-order valence-corrected chi connectivity index (χ2v) is 3.23. The molecule has 3 heteroatoms. The first-order valence-corrected chi connectivity index (χ1v) is 4.08. The summed E-state index contributed by atoms with van der Waals surface area (Å²) in [7, 11) is 0. The van der Waals surface area contributed by atoms with Gasteiger partial charge in [-0.2, -0.15) is 0 Å². The van der Waals surface area contributed by atoms with E-state index < -0.39 is 5.92 Å². The zero-order valence-corrected chi connectivity index (χ0v) is 7.43. The first kappa shape index (κ1) is 10.1. The molecule has 72 valence electrons. The van der Waals surface area contributed by atoms with Gasteiger partial charge in [0.05, 0.1) is 6.61 Å². The summed E-state index contributed by atoms with van der Waals surface area (Å²) in [4.78, 5) is 0. The number of hydrogen-bond acceptors (Lipinski definition) is 1. The number of aliphatic hydroxyl groups excluding tert-OH is 1. The highest BCUT2D eigenvalue weighted by atomic mass is 19.3. The van der Waals surface area contributed by atoms with E-state index in [1.807, 2.05) is 0 Å². The molecule has 13 heavy (non-hydrogen) atoms. The zero-order chi connectivity index (χ0) is 9.90. The molecule has 0 fully saturated rings. The Balaban J connectivity index is 2.78. The van der Waals surface area contributed by atoms with Gasteiger partial charge in [-0.1, -0.05) is 24.3 Å². The van der Waals surface area contributed by atoms with Crippen molar-refractivity contribution >= 4 is 0 Å². The number of halogens is 2. The van der Waals surface area contributed by atoms with Crippen LogP contribution in [0.3, 0.4) is 0 Å². The quantitative estimate of drug-likeness (QED) is 0.768. The second kappa shape index (κ2) is 3.83. The van der Waals surface area contributed by atoms with E-state index in [-0.39, 0.29) is 13.0 Å². The number of rotatable bonds is 3. The lowest BCUT2D eigenvalue weighted by Gasteiger charge is -2.10. The minimum atomic E-state index is -2.69. The van der Waals surface area contributed by atoms with Crippen LogP contribution in [0.25, 0.3) is 0 Å². The highest BCUT2D eigenvalue weighted by Crippen LogP contribution is 2.19. The summed E-state index contributed by atoms with van der Waals surface area (Å²) in [5.41, 5.74) is 1.22. The third kappa shape index (κ3) is 3.51. The van der Waals surface area contributed by atoms with Gasteiger partial charge in [0.15, 0.2) is 0 Å². The van der Waals surface area contributed by atoms with Gasteiger partial charge in [-0.05, 0) is 18.1 Å². The van der Waals surface area contributed by atoms with Crippen molar-refractivity contribution in [2.24, 2.45) is 0 Å². The molecule has 0 atom stereocenters. The largest absolute Gasteiger partial charge is 0.392 e. The summed E-state index contributed by atoms with van der Waals surface area (Å²) in [6.45, 7) is 0.780. The van der Waals surface area contributed by atoms with E-state index in [0.717, 1.165) is 6.92 Å². The van der Waals surface area contributed by atoms with Gasteiger partial charge in [-0.15, -0.1) is 0 Å². The van der Waals surface area contributed by atoms with Gasteiger partial charge >= 0.3 is 0 Å². The standard InChI is InChI=1S/C10H12F2O/c1-10(11,12)6-8-3-2-4-9(5-8)7-13/h2-5,13H,6-7H2,1H3. The smallest absolute Gasteiger partial charge is 0.249 e. The van der Waals surface area contributed by atoms with Gasteiger partial charge in [-0.25, -0.2) is 8.78 Å². The second-order valence-electron chi connectivity index (χ2n) is 3.23. The Morgan fingerprint density at radius 2 is 1.92 bits per heavy atom. The maximum absolute atomic E-state index is 12.6. The Hall–Kier alpha value is -0.960. The monoisotopic (exact) mass is 186 g/mol. The molecule has 0 saturated heterocycles. The van der Waals surface area contributed by atoms with Crippen LogP contribution in [0, 0.1) is 0 Å². The van der Waals surface area contributed by atoms with Crippen molar-refractivity contribution in [2.75, 3.05) is 0 Å². The molecule has 1 rings (SSSR count). The normalized spacial score (nSPS) is 11.7. The molecule has 1 aromatic carbocycles. The van der Waals surface area contributed by atoms with E-state index in [9.17, 15) is 8.78 Å². The average molecular weight is 186 g/mol. The molecular formula is C10H12F2O. The third-order valence-corrected chi connectivity index (χ3v) is 1.69. The van der Waals surface area contributed by atoms with Gasteiger partial charge in [-0.3, -0.25) is 0 Å². The number of aliphatic hydroxyl groups is 1. The molecule has 1 nitrogen and oxygen atoms in total. The molecule has 0 aliphatic carbocycles. The van der Waals surface area contributed by atoms with E-state index in [1.165, 1.54) is 0 Å². The van der Waals surface area contributed by atoms with Crippen LogP contribution in [-0.2, 0) is 13.0 Å². The molecule has 0 amide bonds. The molecule has 0 saturated carbocycles. The number of alkyl halides is 2. The Labute approximate surface area is 76.0 Å². The number of benzene rings is 1. The Bertz CT molecular complexity index is 278. The van der Waals surface area contributed by atoms with Crippen LogP contribution in [0.4, 0.5) is 8.78 Å². The average Bonchev–Trinajstić information content (AvgIpc) is 2.01. The fourth-order valence-electron chi connectivity index (χ4n) is 1.20. The van der Waals surface area contributed by atoms with Crippen molar-refractivity contribution in [1.29, 1.82) is 0 Å². The summed E-state index contributed by atoms with van der Waals surface area (Å²) in [6.07, 6.45) is -0.277. The van der Waals surface area contributed by atoms with Crippen molar-refractivity contribution < 1.29 is 13.9 Å². The van der Waals surface area contributed by atoms with Crippen LogP contribution in [0.5, 0.6) is 0 Å². The summed E-state index contributed by atoms with van der Waals surface area (Å²) >= 11 is 0. The Morgan fingerprint density at radius 3 is 2.46 bits per heavy atom. The minimum absolute atomic E-state index is 0.108.